The van der Waals surface area contributed by atoms with Crippen LogP contribution in [0.3, 0.4) is 0 Å². The Morgan fingerprint density at radius 1 is 1.47 bits per heavy atom. The van der Waals surface area contributed by atoms with E-state index in [2.05, 4.69) is 17.2 Å². The van der Waals surface area contributed by atoms with Crippen LogP contribution in [0, 0.1) is 24.7 Å². The standard InChI is InChI=1S/C16H19NO2/c1-12-10-13(4-2-3-9-18)7-8-15(12)17-16(19)11-14-5-6-14/h7-8,10,14,18H,3,5-6,9,11H2,1H3,(H,17,19). The predicted octanol–water partition coefficient (Wildman–Crippen LogP) is 2.47. The molecule has 1 amide bonds. The van der Waals surface area contributed by atoms with Gasteiger partial charge in [0.15, 0.2) is 0 Å². The highest BCUT2D eigenvalue weighted by atomic mass is 16.2. The first kappa shape index (κ1) is 13.6. The van der Waals surface area contributed by atoms with E-state index in [1.807, 2.05) is 25.1 Å². The van der Waals surface area contributed by atoms with E-state index >= 15 is 0 Å². The van der Waals surface area contributed by atoms with Crippen molar-refractivity contribution in [1.29, 1.82) is 0 Å². The monoisotopic (exact) mass is 257 g/mol. The van der Waals surface area contributed by atoms with E-state index in [1.165, 1.54) is 12.8 Å². The van der Waals surface area contributed by atoms with E-state index in [9.17, 15) is 4.79 Å². The SMILES string of the molecule is Cc1cc(C#CCCO)ccc1NC(=O)CC1CC1. The Labute approximate surface area is 114 Å². The van der Waals surface area contributed by atoms with Crippen LogP contribution in [0.5, 0.6) is 0 Å². The molecule has 0 aromatic heterocycles. The number of amides is 1. The van der Waals surface area contributed by atoms with Crippen LogP contribution < -0.4 is 5.32 Å². The second-order valence-electron chi connectivity index (χ2n) is 5.00. The number of aliphatic hydroxyl groups excluding tert-OH is 1. The Balaban J connectivity index is 1.98. The van der Waals surface area contributed by atoms with Crippen LogP contribution in [0.1, 0.15) is 36.8 Å². The number of anilines is 1. The van der Waals surface area contributed by atoms with E-state index in [1.54, 1.807) is 0 Å². The topological polar surface area (TPSA) is 49.3 Å². The fourth-order valence-electron chi connectivity index (χ4n) is 1.89. The number of aliphatic hydroxyl groups is 1. The summed E-state index contributed by atoms with van der Waals surface area (Å²) in [6, 6.07) is 5.74. The van der Waals surface area contributed by atoms with Gasteiger partial charge in [-0.15, -0.1) is 0 Å². The third-order valence-corrected chi connectivity index (χ3v) is 3.14. The Hall–Kier alpha value is -1.79. The minimum atomic E-state index is 0.0846. The molecule has 1 aromatic carbocycles. The molecule has 0 bridgehead atoms. The summed E-state index contributed by atoms with van der Waals surface area (Å²) in [7, 11) is 0. The average molecular weight is 257 g/mol. The molecule has 1 aliphatic rings. The minimum absolute atomic E-state index is 0.0846. The maximum atomic E-state index is 11.7. The molecule has 3 heteroatoms. The highest BCUT2D eigenvalue weighted by Gasteiger charge is 2.24. The lowest BCUT2D eigenvalue weighted by Crippen LogP contribution is -2.12. The van der Waals surface area contributed by atoms with E-state index < -0.39 is 0 Å². The summed E-state index contributed by atoms with van der Waals surface area (Å²) in [5.41, 5.74) is 2.78. The fraction of sp³-hybridized carbons (Fsp3) is 0.438. The predicted molar refractivity (Wildman–Crippen MR) is 75.7 cm³/mol. The molecule has 0 atom stereocenters. The highest BCUT2D eigenvalue weighted by molar-refractivity contribution is 5.91. The summed E-state index contributed by atoms with van der Waals surface area (Å²) in [6.07, 6.45) is 3.49. The van der Waals surface area contributed by atoms with Crippen LogP contribution in [0.25, 0.3) is 0 Å². The molecular weight excluding hydrogens is 238 g/mol. The van der Waals surface area contributed by atoms with E-state index in [4.69, 9.17) is 5.11 Å². The third kappa shape index (κ3) is 4.42. The van der Waals surface area contributed by atoms with Gasteiger partial charge in [-0.25, -0.2) is 0 Å². The molecule has 0 radical (unpaired) electrons. The van der Waals surface area contributed by atoms with E-state index in [-0.39, 0.29) is 12.5 Å². The lowest BCUT2D eigenvalue weighted by atomic mass is 10.1. The number of carbonyl (C=O) groups excluding carboxylic acids is 1. The van der Waals surface area contributed by atoms with Crippen molar-refractivity contribution in [2.45, 2.75) is 32.6 Å². The average Bonchev–Trinajstić information content (AvgIpc) is 3.17. The number of carbonyl (C=O) groups is 1. The number of hydrogen-bond acceptors (Lipinski definition) is 2. The summed E-state index contributed by atoms with van der Waals surface area (Å²) in [6.45, 7) is 2.05. The van der Waals surface area contributed by atoms with Crippen molar-refractivity contribution in [2.24, 2.45) is 5.92 Å². The number of aryl methyl sites for hydroxylation is 1. The summed E-state index contributed by atoms with van der Waals surface area (Å²) in [4.78, 5) is 11.7. The molecule has 0 spiro atoms. The summed E-state index contributed by atoms with van der Waals surface area (Å²) in [5, 5.41) is 11.6. The van der Waals surface area contributed by atoms with Gasteiger partial charge in [-0.3, -0.25) is 4.79 Å². The second kappa shape index (κ2) is 6.40. The van der Waals surface area contributed by atoms with Crippen molar-refractivity contribution >= 4 is 11.6 Å². The van der Waals surface area contributed by atoms with Gasteiger partial charge in [-0.05, 0) is 49.4 Å². The highest BCUT2D eigenvalue weighted by Crippen LogP contribution is 2.32. The van der Waals surface area contributed by atoms with Crippen LogP contribution in [-0.4, -0.2) is 17.6 Å². The molecule has 1 aromatic rings. The van der Waals surface area contributed by atoms with Crippen molar-refractivity contribution in [1.82, 2.24) is 0 Å². The molecular formula is C16H19NO2. The number of benzene rings is 1. The Kier molecular flexibility index (Phi) is 4.59. The zero-order chi connectivity index (χ0) is 13.7. The third-order valence-electron chi connectivity index (χ3n) is 3.14. The first-order chi connectivity index (χ1) is 9.19. The van der Waals surface area contributed by atoms with E-state index in [0.29, 0.717) is 18.8 Å². The van der Waals surface area contributed by atoms with Gasteiger partial charge in [-0.2, -0.15) is 0 Å². The minimum Gasteiger partial charge on any atom is -0.395 e. The maximum Gasteiger partial charge on any atom is 0.224 e. The first-order valence-corrected chi connectivity index (χ1v) is 6.69. The van der Waals surface area contributed by atoms with Crippen molar-refractivity contribution in [3.63, 3.8) is 0 Å². The van der Waals surface area contributed by atoms with Crippen LogP contribution in [0.4, 0.5) is 5.69 Å². The molecule has 1 aliphatic carbocycles. The number of rotatable bonds is 4. The van der Waals surface area contributed by atoms with Crippen molar-refractivity contribution < 1.29 is 9.90 Å². The second-order valence-corrected chi connectivity index (χ2v) is 5.00. The summed E-state index contributed by atoms with van der Waals surface area (Å²) < 4.78 is 0. The van der Waals surface area contributed by atoms with Gasteiger partial charge < -0.3 is 10.4 Å². The molecule has 100 valence electrons. The van der Waals surface area contributed by atoms with Gasteiger partial charge in [0.05, 0.1) is 6.61 Å². The fourth-order valence-corrected chi connectivity index (χ4v) is 1.89. The van der Waals surface area contributed by atoms with Gasteiger partial charge >= 0.3 is 0 Å². The smallest absolute Gasteiger partial charge is 0.224 e. The van der Waals surface area contributed by atoms with Gasteiger partial charge in [0.25, 0.3) is 0 Å². The quantitative estimate of drug-likeness (QED) is 0.814. The van der Waals surface area contributed by atoms with Crippen LogP contribution in [-0.2, 0) is 4.79 Å². The van der Waals surface area contributed by atoms with Gasteiger partial charge in [0, 0.05) is 24.1 Å². The van der Waals surface area contributed by atoms with Crippen LogP contribution in [0.15, 0.2) is 18.2 Å². The lowest BCUT2D eigenvalue weighted by Gasteiger charge is -2.08. The molecule has 1 saturated carbocycles. The molecule has 0 aliphatic heterocycles. The molecule has 2 N–H and O–H groups in total. The molecule has 0 saturated heterocycles. The molecule has 3 nitrogen and oxygen atoms in total. The van der Waals surface area contributed by atoms with Crippen molar-refractivity contribution in [2.75, 3.05) is 11.9 Å². The van der Waals surface area contributed by atoms with E-state index in [0.717, 1.165) is 16.8 Å². The molecule has 19 heavy (non-hydrogen) atoms. The van der Waals surface area contributed by atoms with Gasteiger partial charge in [0.1, 0.15) is 0 Å². The molecule has 0 heterocycles. The largest absolute Gasteiger partial charge is 0.395 e. The van der Waals surface area contributed by atoms with Gasteiger partial charge in [0.2, 0.25) is 5.91 Å². The first-order valence-electron chi connectivity index (χ1n) is 6.69. The zero-order valence-corrected chi connectivity index (χ0v) is 11.2. The van der Waals surface area contributed by atoms with Crippen LogP contribution in [0.2, 0.25) is 0 Å². The summed E-state index contributed by atoms with van der Waals surface area (Å²) >= 11 is 0. The normalized spacial score (nSPS) is 13.6. The Morgan fingerprint density at radius 3 is 2.89 bits per heavy atom. The van der Waals surface area contributed by atoms with Gasteiger partial charge in [-0.1, -0.05) is 11.8 Å². The zero-order valence-electron chi connectivity index (χ0n) is 11.2. The summed E-state index contributed by atoms with van der Waals surface area (Å²) in [5.74, 6) is 6.57. The molecule has 1 fully saturated rings. The number of hydrogen-bond donors (Lipinski definition) is 2. The number of nitrogens with one attached hydrogen (secondary N) is 1. The van der Waals surface area contributed by atoms with Crippen molar-refractivity contribution in [3.8, 4) is 11.8 Å². The van der Waals surface area contributed by atoms with Crippen LogP contribution >= 0.6 is 0 Å². The molecule has 2 rings (SSSR count). The van der Waals surface area contributed by atoms with Crippen molar-refractivity contribution in [3.05, 3.63) is 29.3 Å². The Bertz CT molecular complexity index is 521. The Morgan fingerprint density at radius 2 is 2.26 bits per heavy atom. The lowest BCUT2D eigenvalue weighted by molar-refractivity contribution is -0.116. The molecule has 0 unspecified atom stereocenters. The maximum absolute atomic E-state index is 11.7.